The van der Waals surface area contributed by atoms with Crippen molar-refractivity contribution in [2.75, 3.05) is 5.32 Å². The summed E-state index contributed by atoms with van der Waals surface area (Å²) in [6.45, 7) is 23.6. The molecule has 0 unspecified atom stereocenters. The zero-order valence-electron chi connectivity index (χ0n) is 40.2. The Morgan fingerprint density at radius 3 is 1.94 bits per heavy atom. The highest BCUT2D eigenvalue weighted by Gasteiger charge is 2.40. The summed E-state index contributed by atoms with van der Waals surface area (Å²) in [5.41, 5.74) is 15.6. The summed E-state index contributed by atoms with van der Waals surface area (Å²) in [6.07, 6.45) is 2.38. The SMILES string of the molecule is CC(C)(C)c1ccc(Nc2cc3c(cc2-c2c4c5c(c6cc(C(C)(C)C)ccc6n5-c5c(sc6cc7c(cc56)C(C)(C)CCC7(C)C)B4)c4c2sc2ccccc24)Oc2ccccc2O3)cc1. The van der Waals surface area contributed by atoms with Gasteiger partial charge in [0.1, 0.15) is 0 Å². The first-order valence-corrected chi connectivity index (χ1v) is 25.6. The number of anilines is 2. The number of benzene rings is 7. The monoisotopic (exact) mass is 910 g/mol. The predicted molar refractivity (Wildman–Crippen MR) is 290 cm³/mol. The van der Waals surface area contributed by atoms with Crippen molar-refractivity contribution >= 4 is 104 Å². The van der Waals surface area contributed by atoms with E-state index in [4.69, 9.17) is 9.47 Å². The van der Waals surface area contributed by atoms with E-state index in [1.54, 1.807) is 0 Å². The lowest BCUT2D eigenvalue weighted by atomic mass is 9.62. The molecule has 10 aromatic rings. The Morgan fingerprint density at radius 1 is 0.597 bits per heavy atom. The predicted octanol–water partition coefficient (Wildman–Crippen LogP) is 16.3. The molecule has 13 rings (SSSR count). The quantitative estimate of drug-likeness (QED) is 0.179. The highest BCUT2D eigenvalue weighted by molar-refractivity contribution is 7.29. The van der Waals surface area contributed by atoms with Gasteiger partial charge in [0, 0.05) is 63.9 Å². The molecule has 332 valence electrons. The first-order chi connectivity index (χ1) is 31.9. The molecule has 67 heavy (non-hydrogen) atoms. The molecule has 0 amide bonds. The number of aromatic nitrogens is 1. The summed E-state index contributed by atoms with van der Waals surface area (Å²) >= 11 is 3.92. The summed E-state index contributed by atoms with van der Waals surface area (Å²) in [5.74, 6) is 2.86. The van der Waals surface area contributed by atoms with Crippen LogP contribution in [0.5, 0.6) is 23.0 Å². The van der Waals surface area contributed by atoms with Crippen LogP contribution in [0.25, 0.3) is 68.9 Å². The fourth-order valence-electron chi connectivity index (χ4n) is 11.5. The third kappa shape index (κ3) is 6.09. The summed E-state index contributed by atoms with van der Waals surface area (Å²) < 4.78 is 21.5. The van der Waals surface area contributed by atoms with Gasteiger partial charge in [0.25, 0.3) is 0 Å². The largest absolute Gasteiger partial charge is 0.449 e. The molecule has 0 radical (unpaired) electrons. The van der Waals surface area contributed by atoms with E-state index in [2.05, 4.69) is 170 Å². The van der Waals surface area contributed by atoms with E-state index < -0.39 is 0 Å². The lowest BCUT2D eigenvalue weighted by molar-refractivity contribution is 0.332. The average Bonchev–Trinajstić information content (AvgIpc) is 3.96. The van der Waals surface area contributed by atoms with Crippen molar-refractivity contribution in [2.24, 2.45) is 0 Å². The van der Waals surface area contributed by atoms with E-state index in [1.165, 1.54) is 109 Å². The fourth-order valence-corrected chi connectivity index (χ4v) is 14.0. The Labute approximate surface area is 401 Å². The van der Waals surface area contributed by atoms with Crippen LogP contribution in [0.3, 0.4) is 0 Å². The minimum absolute atomic E-state index is 0.0193. The van der Waals surface area contributed by atoms with Crippen molar-refractivity contribution in [1.29, 1.82) is 0 Å². The molecule has 2 aliphatic heterocycles. The molecule has 0 fully saturated rings. The van der Waals surface area contributed by atoms with Crippen LogP contribution in [0.15, 0.2) is 115 Å². The smallest absolute Gasteiger partial charge is 0.211 e. The summed E-state index contributed by atoms with van der Waals surface area (Å²) in [5, 5.41) is 10.6. The second-order valence-corrected chi connectivity index (χ2v) is 25.0. The van der Waals surface area contributed by atoms with Crippen LogP contribution in [-0.4, -0.2) is 11.8 Å². The van der Waals surface area contributed by atoms with Crippen LogP contribution in [0.2, 0.25) is 0 Å². The summed E-state index contributed by atoms with van der Waals surface area (Å²) in [7, 11) is 0.821. The first-order valence-electron chi connectivity index (χ1n) is 24.0. The van der Waals surface area contributed by atoms with Crippen LogP contribution < -0.4 is 25.0 Å². The molecule has 0 spiro atoms. The maximum atomic E-state index is 6.79. The molecular formula is C60H55BN2O2S2. The molecular weight excluding hydrogens is 856 g/mol. The number of rotatable bonds is 3. The zero-order valence-corrected chi connectivity index (χ0v) is 41.8. The number of ether oxygens (including phenoxy) is 2. The second-order valence-electron chi connectivity index (χ2n) is 22.9. The van der Waals surface area contributed by atoms with Gasteiger partial charge in [0.05, 0.1) is 16.9 Å². The van der Waals surface area contributed by atoms with Gasteiger partial charge < -0.3 is 19.4 Å². The fraction of sp³-hybridized carbons (Fsp3) is 0.267. The number of nitrogens with zero attached hydrogens (tertiary/aromatic N) is 1. The standard InChI is InChI=1S/C60H55BN2O2S2/c1-57(2,3)32-19-22-34(23-20-32)62-41-31-46-45(64-43-16-12-13-17-44(43)65-46)29-36(41)51-52-54-49(50-35-15-11-14-18-47(35)66-55(50)51)37-27-33(58(4,5)6)21-24-42(37)63(54)53-38-28-39-40(30-48(38)67-56(53)61-52)60(9,10)26-25-59(39,7)8/h11-24,27-31,61-62H,25-26H2,1-10H3. The van der Waals surface area contributed by atoms with Crippen molar-refractivity contribution in [3.05, 3.63) is 138 Å². The maximum Gasteiger partial charge on any atom is 0.211 e. The van der Waals surface area contributed by atoms with Crippen LogP contribution in [0, 0.1) is 0 Å². The van der Waals surface area contributed by atoms with E-state index in [0.717, 1.165) is 35.7 Å². The van der Waals surface area contributed by atoms with Crippen molar-refractivity contribution in [3.8, 4) is 39.8 Å². The zero-order chi connectivity index (χ0) is 46.1. The maximum absolute atomic E-state index is 6.79. The van der Waals surface area contributed by atoms with Crippen molar-refractivity contribution in [1.82, 2.24) is 4.57 Å². The topological polar surface area (TPSA) is 35.4 Å². The molecule has 4 nitrogen and oxygen atoms in total. The van der Waals surface area contributed by atoms with E-state index in [-0.39, 0.29) is 21.7 Å². The highest BCUT2D eigenvalue weighted by atomic mass is 32.1. The third-order valence-electron chi connectivity index (χ3n) is 15.4. The molecule has 0 bridgehead atoms. The average molecular weight is 911 g/mol. The Morgan fingerprint density at radius 2 is 1.24 bits per heavy atom. The minimum atomic E-state index is -0.0193. The summed E-state index contributed by atoms with van der Waals surface area (Å²) in [4.78, 5) is 0. The van der Waals surface area contributed by atoms with Crippen molar-refractivity contribution in [3.63, 3.8) is 0 Å². The molecule has 1 N–H and O–H groups in total. The van der Waals surface area contributed by atoms with E-state index in [9.17, 15) is 0 Å². The van der Waals surface area contributed by atoms with Gasteiger partial charge in [0.2, 0.25) is 7.28 Å². The third-order valence-corrected chi connectivity index (χ3v) is 17.8. The number of para-hydroxylation sites is 2. The Bertz CT molecular complexity index is 3770. The molecule has 3 aliphatic rings. The molecule has 7 heteroatoms. The highest BCUT2D eigenvalue weighted by Crippen LogP contribution is 2.55. The molecule has 1 aliphatic carbocycles. The van der Waals surface area contributed by atoms with Crippen LogP contribution in [0.1, 0.15) is 104 Å². The van der Waals surface area contributed by atoms with E-state index >= 15 is 0 Å². The van der Waals surface area contributed by atoms with Crippen LogP contribution >= 0.6 is 22.7 Å². The number of fused-ring (bicyclic) bond motifs is 14. The van der Waals surface area contributed by atoms with Crippen molar-refractivity contribution < 1.29 is 9.47 Å². The summed E-state index contributed by atoms with van der Waals surface area (Å²) in [6, 6.07) is 42.9. The van der Waals surface area contributed by atoms with Gasteiger partial charge in [-0.05, 0) is 133 Å². The Hall–Kier alpha value is -6.02. The van der Waals surface area contributed by atoms with E-state index in [1.807, 2.05) is 46.9 Å². The van der Waals surface area contributed by atoms with Gasteiger partial charge in [-0.15, -0.1) is 22.7 Å². The molecule has 0 saturated heterocycles. The first kappa shape index (κ1) is 41.2. The number of nitrogens with one attached hydrogen (secondary N) is 1. The van der Waals surface area contributed by atoms with Crippen LogP contribution in [-0.2, 0) is 21.7 Å². The lowest BCUT2D eigenvalue weighted by Crippen LogP contribution is -2.35. The number of hydrogen-bond donors (Lipinski definition) is 1. The van der Waals surface area contributed by atoms with Gasteiger partial charge in [-0.25, -0.2) is 0 Å². The number of thiophene rings is 2. The lowest BCUT2D eigenvalue weighted by Gasteiger charge is -2.42. The second kappa shape index (κ2) is 13.8. The van der Waals surface area contributed by atoms with Gasteiger partial charge in [0.15, 0.2) is 23.0 Å². The van der Waals surface area contributed by atoms with Crippen molar-refractivity contribution in [2.45, 2.75) is 104 Å². The molecule has 0 saturated carbocycles. The van der Waals surface area contributed by atoms with Gasteiger partial charge in [-0.1, -0.05) is 118 Å². The Kier molecular flexibility index (Phi) is 8.48. The molecule has 3 aromatic heterocycles. The molecule has 5 heterocycles. The molecule has 7 aromatic carbocycles. The minimum Gasteiger partial charge on any atom is -0.449 e. The van der Waals surface area contributed by atoms with Crippen LogP contribution in [0.4, 0.5) is 11.4 Å². The van der Waals surface area contributed by atoms with E-state index in [0.29, 0.717) is 11.5 Å². The van der Waals surface area contributed by atoms with Gasteiger partial charge >= 0.3 is 0 Å². The van der Waals surface area contributed by atoms with Gasteiger partial charge in [-0.3, -0.25) is 0 Å². The number of hydrogen-bond acceptors (Lipinski definition) is 5. The normalized spacial score (nSPS) is 15.8. The molecule has 0 atom stereocenters. The Balaban J connectivity index is 1.17. The van der Waals surface area contributed by atoms with Gasteiger partial charge in [-0.2, -0.15) is 0 Å².